The highest BCUT2D eigenvalue weighted by Gasteiger charge is 2.66. The second-order valence-electron chi connectivity index (χ2n) is 15.1. The van der Waals surface area contributed by atoms with E-state index in [1.807, 2.05) is 44.2 Å². The fraction of sp³-hybridized carbons (Fsp3) is 0.364. The van der Waals surface area contributed by atoms with E-state index in [4.69, 9.17) is 15.2 Å². The lowest BCUT2D eigenvalue weighted by Gasteiger charge is -2.35. The number of hydrogen-bond acceptors (Lipinski definition) is 10. The van der Waals surface area contributed by atoms with Crippen LogP contribution in [0.2, 0.25) is 0 Å². The van der Waals surface area contributed by atoms with Gasteiger partial charge in [-0.2, -0.15) is 0 Å². The van der Waals surface area contributed by atoms with Crippen LogP contribution in [0.1, 0.15) is 48.7 Å². The van der Waals surface area contributed by atoms with Crippen molar-refractivity contribution >= 4 is 52.2 Å². The number of carbonyl (C=O) groups is 5. The van der Waals surface area contributed by atoms with Crippen molar-refractivity contribution in [3.63, 3.8) is 0 Å². The van der Waals surface area contributed by atoms with E-state index in [9.17, 15) is 33.9 Å². The minimum atomic E-state index is -1.38. The van der Waals surface area contributed by atoms with Gasteiger partial charge in [-0.25, -0.2) is 18.8 Å². The number of pyridine rings is 1. The van der Waals surface area contributed by atoms with Gasteiger partial charge >= 0.3 is 18.2 Å². The molecule has 0 radical (unpaired) electrons. The number of carbonyl (C=O) groups excluding carboxylic acids is 4. The van der Waals surface area contributed by atoms with Crippen molar-refractivity contribution in [2.45, 2.75) is 58.5 Å². The Balaban J connectivity index is 1.01. The Labute approximate surface area is 351 Å². The summed E-state index contributed by atoms with van der Waals surface area (Å²) in [6, 6.07) is 17.3. The van der Waals surface area contributed by atoms with Gasteiger partial charge in [-0.15, -0.1) is 0 Å². The van der Waals surface area contributed by atoms with Crippen molar-refractivity contribution in [3.8, 4) is 0 Å². The second-order valence-corrected chi connectivity index (χ2v) is 15.1. The number of anilines is 2. The molecule has 2 fully saturated rings. The van der Waals surface area contributed by atoms with Crippen LogP contribution in [0.5, 0.6) is 0 Å². The molecule has 1 aromatic heterocycles. The number of piperazine rings is 1. The van der Waals surface area contributed by atoms with Crippen LogP contribution in [0, 0.1) is 17.7 Å². The summed E-state index contributed by atoms with van der Waals surface area (Å²) in [5.74, 6) is -3.55. The minimum absolute atomic E-state index is 0.0232. The van der Waals surface area contributed by atoms with Crippen LogP contribution in [-0.2, 0) is 38.8 Å². The van der Waals surface area contributed by atoms with Gasteiger partial charge in [0.1, 0.15) is 36.2 Å². The molecule has 1 saturated heterocycles. The number of ether oxygens (including phenoxy) is 2. The van der Waals surface area contributed by atoms with Crippen LogP contribution < -0.4 is 32.0 Å². The van der Waals surface area contributed by atoms with Crippen molar-refractivity contribution in [2.75, 3.05) is 42.9 Å². The molecule has 3 unspecified atom stereocenters. The minimum Gasteiger partial charge on any atom is -0.477 e. The number of carboxylic acids is 1. The van der Waals surface area contributed by atoms with E-state index in [1.54, 1.807) is 52.8 Å². The molecule has 61 heavy (non-hydrogen) atoms. The maximum Gasteiger partial charge on any atom is 0.410 e. The van der Waals surface area contributed by atoms with E-state index in [2.05, 4.69) is 16.0 Å². The van der Waals surface area contributed by atoms with Gasteiger partial charge < -0.3 is 50.6 Å². The van der Waals surface area contributed by atoms with Crippen LogP contribution in [0.3, 0.4) is 0 Å². The predicted molar refractivity (Wildman–Crippen MR) is 225 cm³/mol. The maximum atomic E-state index is 15.3. The maximum absolute atomic E-state index is 15.3. The Morgan fingerprint density at radius 2 is 1.61 bits per heavy atom. The van der Waals surface area contributed by atoms with Gasteiger partial charge in [-0.05, 0) is 67.1 Å². The molecule has 4 amide bonds. The Morgan fingerprint density at radius 3 is 2.23 bits per heavy atom. The summed E-state index contributed by atoms with van der Waals surface area (Å²) in [4.78, 5) is 80.7. The number of aromatic carboxylic acids is 1. The topological polar surface area (TPSA) is 215 Å². The third kappa shape index (κ3) is 9.84. The number of rotatable bonds is 15. The number of halogens is 1. The molecule has 1 aliphatic heterocycles. The van der Waals surface area contributed by atoms with E-state index in [0.717, 1.165) is 11.6 Å². The first-order valence-corrected chi connectivity index (χ1v) is 20.1. The molecule has 6 rings (SSSR count). The number of aryl methyl sites for hydroxylation is 1. The summed E-state index contributed by atoms with van der Waals surface area (Å²) in [7, 11) is 0. The van der Waals surface area contributed by atoms with Gasteiger partial charge in [-0.1, -0.05) is 68.5 Å². The summed E-state index contributed by atoms with van der Waals surface area (Å²) in [6.07, 6.45) is 3.67. The fourth-order valence-corrected chi connectivity index (χ4v) is 7.52. The quantitative estimate of drug-likeness (QED) is 0.104. The van der Waals surface area contributed by atoms with Crippen molar-refractivity contribution in [2.24, 2.45) is 17.6 Å². The Kier molecular flexibility index (Phi) is 13.7. The lowest BCUT2D eigenvalue weighted by atomic mass is 10.1. The lowest BCUT2D eigenvalue weighted by molar-refractivity contribution is -0.128. The fourth-order valence-electron chi connectivity index (χ4n) is 7.52. The Bertz CT molecular complexity index is 2350. The smallest absolute Gasteiger partial charge is 0.410 e. The molecule has 1 saturated carbocycles. The van der Waals surface area contributed by atoms with Crippen molar-refractivity contribution in [1.29, 1.82) is 0 Å². The van der Waals surface area contributed by atoms with E-state index in [0.29, 0.717) is 36.3 Å². The number of nitrogens with two attached hydrogens (primary N) is 1. The first-order chi connectivity index (χ1) is 29.3. The first kappa shape index (κ1) is 43.8. The Morgan fingerprint density at radius 1 is 0.951 bits per heavy atom. The number of benzene rings is 3. The lowest BCUT2D eigenvalue weighted by Crippen LogP contribution is -2.55. The van der Waals surface area contributed by atoms with Crippen molar-refractivity contribution in [3.05, 3.63) is 118 Å². The number of alkyl carbamates (subject to hydrolysis) is 1. The molecule has 4 aromatic rings. The normalized spacial score (nSPS) is 19.0. The van der Waals surface area contributed by atoms with Gasteiger partial charge in [0.15, 0.2) is 0 Å². The molecule has 6 N–H and O–H groups in total. The average Bonchev–Trinajstić information content (AvgIpc) is 3.79. The molecule has 2 aliphatic rings. The number of nitrogens with zero attached hydrogens (tertiary/aromatic N) is 3. The molecule has 16 nitrogen and oxygen atoms in total. The molecule has 3 aromatic carbocycles. The summed E-state index contributed by atoms with van der Waals surface area (Å²) in [5.41, 5.74) is 5.71. The highest BCUT2D eigenvalue weighted by atomic mass is 19.1. The zero-order chi connectivity index (χ0) is 43.8. The predicted octanol–water partition coefficient (Wildman–Crippen LogP) is 4.60. The van der Waals surface area contributed by atoms with Gasteiger partial charge in [0.2, 0.25) is 11.3 Å². The molecular formula is C44H50FN7O9. The molecule has 3 atom stereocenters. The molecule has 0 bridgehead atoms. The molecule has 17 heteroatoms. The van der Waals surface area contributed by atoms with Crippen LogP contribution in [0.15, 0.2) is 89.9 Å². The highest BCUT2D eigenvalue weighted by molar-refractivity contribution is 6.02. The summed E-state index contributed by atoms with van der Waals surface area (Å²) >= 11 is 0. The number of amides is 4. The SMILES string of the molecule is CCn1cc(C(=O)O)c(=O)c2cc(F)c(N3CCN(C(=O)OCc4ccc(NC(=O)C(/C=C/CCN)NC(=O)C5(NC(=O)OCc6ccccc6)C(C)C5C)cc4)CC3)cc21. The third-order valence-electron chi connectivity index (χ3n) is 11.4. The van der Waals surface area contributed by atoms with Gasteiger partial charge in [-0.3, -0.25) is 14.4 Å². The van der Waals surface area contributed by atoms with E-state index in [-0.39, 0.29) is 62.3 Å². The number of nitrogens with one attached hydrogen (secondary N) is 3. The zero-order valence-corrected chi connectivity index (χ0v) is 34.2. The van der Waals surface area contributed by atoms with Crippen molar-refractivity contribution < 1.29 is 42.9 Å². The summed E-state index contributed by atoms with van der Waals surface area (Å²) < 4.78 is 27.9. The number of aromatic nitrogens is 1. The highest BCUT2D eigenvalue weighted by Crippen LogP contribution is 2.50. The number of hydrogen-bond donors (Lipinski definition) is 5. The third-order valence-corrected chi connectivity index (χ3v) is 11.4. The van der Waals surface area contributed by atoms with Crippen molar-refractivity contribution in [1.82, 2.24) is 20.1 Å². The van der Waals surface area contributed by atoms with Crippen LogP contribution in [0.4, 0.5) is 25.4 Å². The van der Waals surface area contributed by atoms with Gasteiger partial charge in [0.25, 0.3) is 5.91 Å². The molecular weight excluding hydrogens is 790 g/mol. The molecule has 1 aliphatic carbocycles. The number of fused-ring (bicyclic) bond motifs is 1. The van der Waals surface area contributed by atoms with Crippen LogP contribution in [0.25, 0.3) is 10.9 Å². The molecule has 0 spiro atoms. The van der Waals surface area contributed by atoms with E-state index >= 15 is 4.39 Å². The Hall–Kier alpha value is -6.75. The largest absolute Gasteiger partial charge is 0.477 e. The summed E-state index contributed by atoms with van der Waals surface area (Å²) in [5, 5.41) is 17.7. The monoisotopic (exact) mass is 839 g/mol. The molecule has 322 valence electrons. The van der Waals surface area contributed by atoms with Gasteiger partial charge in [0.05, 0.1) is 11.2 Å². The second kappa shape index (κ2) is 19.1. The number of carboxylic acid groups (broad SMARTS) is 1. The van der Waals surface area contributed by atoms with Gasteiger partial charge in [0, 0.05) is 50.0 Å². The van der Waals surface area contributed by atoms with E-state index < -0.39 is 58.4 Å². The average molecular weight is 840 g/mol. The van der Waals surface area contributed by atoms with Crippen LogP contribution in [-0.4, -0.2) is 88.8 Å². The summed E-state index contributed by atoms with van der Waals surface area (Å²) in [6.45, 7) is 7.20. The van der Waals surface area contributed by atoms with Crippen LogP contribution >= 0.6 is 0 Å². The first-order valence-electron chi connectivity index (χ1n) is 20.1. The standard InChI is InChI=1S/C44H50FN7O9/c1-4-50-24-33(40(55)56)38(53)32-22-34(45)37(23-36(32)50)51-18-20-52(21-19-51)43(59)61-26-30-13-15-31(16-14-30)47-39(54)35(12-8-9-17-46)48-41(57)44(27(2)28(44)3)49-42(58)60-25-29-10-6-5-7-11-29/h5-8,10-16,22-24,27-28,35H,4,9,17-21,25-26,46H2,1-3H3,(H,47,54)(H,48,57)(H,49,58)(H,55,56)/b12-8+. The molecule has 2 heterocycles. The zero-order valence-electron chi connectivity index (χ0n) is 34.2. The van der Waals surface area contributed by atoms with E-state index in [1.165, 1.54) is 17.2 Å².